The summed E-state index contributed by atoms with van der Waals surface area (Å²) >= 11 is 0. The minimum Gasteiger partial charge on any atom is -0.324 e. The molecule has 0 aromatic carbocycles. The van der Waals surface area contributed by atoms with Gasteiger partial charge in [-0.25, -0.2) is 4.68 Å². The van der Waals surface area contributed by atoms with Gasteiger partial charge in [-0.05, 0) is 6.07 Å². The molecular formula is C8H9N5O. The highest BCUT2D eigenvalue weighted by atomic mass is 16.1. The van der Waals surface area contributed by atoms with Crippen molar-refractivity contribution in [2.24, 2.45) is 7.05 Å². The molecule has 2 N–H and O–H groups in total. The van der Waals surface area contributed by atoms with Crippen LogP contribution in [-0.4, -0.2) is 20.0 Å². The van der Waals surface area contributed by atoms with Crippen molar-refractivity contribution in [2.45, 2.75) is 0 Å². The molecule has 2 aromatic heterocycles. The number of nitrogens with one attached hydrogen (secondary N) is 2. The van der Waals surface area contributed by atoms with Crippen LogP contribution in [0.3, 0.4) is 0 Å². The van der Waals surface area contributed by atoms with Gasteiger partial charge in [0.05, 0.1) is 6.20 Å². The van der Waals surface area contributed by atoms with Crippen molar-refractivity contribution in [3.05, 3.63) is 34.7 Å². The number of hydrogen-bond donors (Lipinski definition) is 2. The van der Waals surface area contributed by atoms with Gasteiger partial charge in [-0.2, -0.15) is 10.2 Å². The van der Waals surface area contributed by atoms with Crippen LogP contribution >= 0.6 is 0 Å². The van der Waals surface area contributed by atoms with Crippen LogP contribution in [0.1, 0.15) is 0 Å². The average molecular weight is 191 g/mol. The van der Waals surface area contributed by atoms with Gasteiger partial charge < -0.3 is 5.32 Å². The third kappa shape index (κ3) is 1.63. The zero-order valence-corrected chi connectivity index (χ0v) is 7.56. The normalized spacial score (nSPS) is 10.1. The predicted molar refractivity (Wildman–Crippen MR) is 51.3 cm³/mol. The van der Waals surface area contributed by atoms with E-state index in [1.165, 1.54) is 10.7 Å². The number of aromatic amines is 1. The summed E-state index contributed by atoms with van der Waals surface area (Å²) < 4.78 is 1.26. The molecule has 0 atom stereocenters. The van der Waals surface area contributed by atoms with Crippen LogP contribution in [0, 0.1) is 0 Å². The molecule has 2 rings (SSSR count). The maximum Gasteiger partial charge on any atom is 0.266 e. The highest BCUT2D eigenvalue weighted by Gasteiger charge is 1.97. The second-order valence-electron chi connectivity index (χ2n) is 2.78. The second-order valence-corrected chi connectivity index (χ2v) is 2.78. The van der Waals surface area contributed by atoms with Gasteiger partial charge in [-0.3, -0.25) is 9.89 Å². The summed E-state index contributed by atoms with van der Waals surface area (Å²) in [5.41, 5.74) is -0.139. The van der Waals surface area contributed by atoms with Crippen LogP contribution < -0.4 is 10.9 Å². The topological polar surface area (TPSA) is 75.6 Å². The first kappa shape index (κ1) is 8.49. The van der Waals surface area contributed by atoms with E-state index >= 15 is 0 Å². The number of aryl methyl sites for hydroxylation is 1. The summed E-state index contributed by atoms with van der Waals surface area (Å²) in [4.78, 5) is 11.0. The monoisotopic (exact) mass is 191 g/mol. The minimum absolute atomic E-state index is 0.139. The Balaban J connectivity index is 2.26. The number of anilines is 2. The Hall–Kier alpha value is -2.11. The maximum atomic E-state index is 11.0. The Kier molecular flexibility index (Phi) is 2.02. The SMILES string of the molecule is Cn1nc(Nc2ccn[nH]2)ccc1=O. The summed E-state index contributed by atoms with van der Waals surface area (Å²) in [6.07, 6.45) is 1.63. The molecule has 0 spiro atoms. The Morgan fingerprint density at radius 2 is 2.29 bits per heavy atom. The summed E-state index contributed by atoms with van der Waals surface area (Å²) in [5.74, 6) is 1.33. The van der Waals surface area contributed by atoms with Gasteiger partial charge in [-0.15, -0.1) is 0 Å². The lowest BCUT2D eigenvalue weighted by molar-refractivity contribution is 0.712. The van der Waals surface area contributed by atoms with Crippen LogP contribution in [0.15, 0.2) is 29.2 Å². The molecule has 0 saturated heterocycles. The molecule has 0 radical (unpaired) electrons. The van der Waals surface area contributed by atoms with E-state index in [9.17, 15) is 4.79 Å². The van der Waals surface area contributed by atoms with E-state index in [1.54, 1.807) is 25.4 Å². The summed E-state index contributed by atoms with van der Waals surface area (Å²) in [7, 11) is 1.60. The maximum absolute atomic E-state index is 11.0. The van der Waals surface area contributed by atoms with Gasteiger partial charge in [0.1, 0.15) is 5.82 Å². The predicted octanol–water partition coefficient (Wildman–Crippen LogP) is 0.247. The summed E-state index contributed by atoms with van der Waals surface area (Å²) in [6.45, 7) is 0. The standard InChI is InChI=1S/C8H9N5O/c1-13-8(14)3-2-7(12-13)10-6-4-5-9-11-6/h2-5H,1H3,(H2,9,10,11,12). The molecule has 72 valence electrons. The molecule has 0 amide bonds. The Morgan fingerprint density at radius 1 is 1.43 bits per heavy atom. The molecule has 2 aromatic rings. The summed E-state index contributed by atoms with van der Waals surface area (Å²) in [5, 5.41) is 13.5. The Labute approximate surface area is 79.6 Å². The number of hydrogen-bond acceptors (Lipinski definition) is 4. The minimum atomic E-state index is -0.139. The van der Waals surface area contributed by atoms with Crippen molar-refractivity contribution in [3.8, 4) is 0 Å². The second kappa shape index (κ2) is 3.33. The fourth-order valence-electron chi connectivity index (χ4n) is 1.03. The first-order chi connectivity index (χ1) is 6.75. The van der Waals surface area contributed by atoms with Crippen LogP contribution in [-0.2, 0) is 7.05 Å². The van der Waals surface area contributed by atoms with E-state index in [2.05, 4.69) is 20.6 Å². The van der Waals surface area contributed by atoms with Crippen molar-refractivity contribution in [2.75, 3.05) is 5.32 Å². The molecule has 0 aliphatic heterocycles. The average Bonchev–Trinajstić information content (AvgIpc) is 2.64. The van der Waals surface area contributed by atoms with E-state index in [0.29, 0.717) is 5.82 Å². The zero-order chi connectivity index (χ0) is 9.97. The van der Waals surface area contributed by atoms with Gasteiger partial charge >= 0.3 is 0 Å². The lowest BCUT2D eigenvalue weighted by Crippen LogP contribution is -2.18. The van der Waals surface area contributed by atoms with Crippen molar-refractivity contribution in [3.63, 3.8) is 0 Å². The number of aromatic nitrogens is 4. The first-order valence-electron chi connectivity index (χ1n) is 4.06. The van der Waals surface area contributed by atoms with Crippen molar-refractivity contribution < 1.29 is 0 Å². The molecule has 0 aliphatic carbocycles. The van der Waals surface area contributed by atoms with Crippen molar-refractivity contribution in [1.82, 2.24) is 20.0 Å². The van der Waals surface area contributed by atoms with Gasteiger partial charge in [0, 0.05) is 19.2 Å². The van der Waals surface area contributed by atoms with Crippen LogP contribution in [0.25, 0.3) is 0 Å². The first-order valence-corrected chi connectivity index (χ1v) is 4.06. The molecule has 0 bridgehead atoms. The molecule has 6 nitrogen and oxygen atoms in total. The highest BCUT2D eigenvalue weighted by molar-refractivity contribution is 5.49. The van der Waals surface area contributed by atoms with Gasteiger partial charge in [0.15, 0.2) is 5.82 Å². The number of rotatable bonds is 2. The lowest BCUT2D eigenvalue weighted by Gasteiger charge is -2.02. The Bertz CT molecular complexity index is 473. The molecule has 2 heterocycles. The smallest absolute Gasteiger partial charge is 0.266 e. The fraction of sp³-hybridized carbons (Fsp3) is 0.125. The van der Waals surface area contributed by atoms with Crippen molar-refractivity contribution in [1.29, 1.82) is 0 Å². The van der Waals surface area contributed by atoms with Gasteiger partial charge in [0.2, 0.25) is 0 Å². The fourth-order valence-corrected chi connectivity index (χ4v) is 1.03. The van der Waals surface area contributed by atoms with Gasteiger partial charge in [-0.1, -0.05) is 0 Å². The summed E-state index contributed by atoms with van der Waals surface area (Å²) in [6, 6.07) is 4.83. The van der Waals surface area contributed by atoms with Gasteiger partial charge in [0.25, 0.3) is 5.56 Å². The van der Waals surface area contributed by atoms with Crippen LogP contribution in [0.2, 0.25) is 0 Å². The molecule has 14 heavy (non-hydrogen) atoms. The third-order valence-corrected chi connectivity index (χ3v) is 1.72. The molecule has 0 aliphatic rings. The molecule has 0 saturated carbocycles. The number of H-pyrrole nitrogens is 1. The largest absolute Gasteiger partial charge is 0.324 e. The van der Waals surface area contributed by atoms with E-state index in [4.69, 9.17) is 0 Å². The quantitative estimate of drug-likeness (QED) is 0.713. The van der Waals surface area contributed by atoms with Crippen LogP contribution in [0.4, 0.5) is 11.6 Å². The zero-order valence-electron chi connectivity index (χ0n) is 7.56. The molecule has 0 fully saturated rings. The van der Waals surface area contributed by atoms with Crippen molar-refractivity contribution >= 4 is 11.6 Å². The highest BCUT2D eigenvalue weighted by Crippen LogP contribution is 2.07. The van der Waals surface area contributed by atoms with E-state index in [1.807, 2.05) is 0 Å². The molecular weight excluding hydrogens is 182 g/mol. The molecule has 0 unspecified atom stereocenters. The molecule has 6 heteroatoms. The Morgan fingerprint density at radius 3 is 2.93 bits per heavy atom. The van der Waals surface area contributed by atoms with Crippen LogP contribution in [0.5, 0.6) is 0 Å². The third-order valence-electron chi connectivity index (χ3n) is 1.72. The van der Waals surface area contributed by atoms with E-state index < -0.39 is 0 Å². The van der Waals surface area contributed by atoms with E-state index in [-0.39, 0.29) is 5.56 Å². The lowest BCUT2D eigenvalue weighted by atomic mass is 10.5. The number of nitrogens with zero attached hydrogens (tertiary/aromatic N) is 3. The van der Waals surface area contributed by atoms with E-state index in [0.717, 1.165) is 5.82 Å².